The Labute approximate surface area is 165 Å². The van der Waals surface area contributed by atoms with Crippen LogP contribution in [0.1, 0.15) is 50.2 Å². The summed E-state index contributed by atoms with van der Waals surface area (Å²) < 4.78 is 14.3. The first-order valence-corrected chi connectivity index (χ1v) is 9.83. The van der Waals surface area contributed by atoms with Gasteiger partial charge in [0, 0.05) is 37.9 Å². The molecule has 2 aromatic heterocycles. The fourth-order valence-electron chi connectivity index (χ4n) is 2.78. The van der Waals surface area contributed by atoms with Crippen molar-refractivity contribution in [1.29, 1.82) is 0 Å². The van der Waals surface area contributed by atoms with Crippen molar-refractivity contribution in [2.45, 2.75) is 65.5 Å². The zero-order valence-corrected chi connectivity index (χ0v) is 16.8. The predicted molar refractivity (Wildman–Crippen MR) is 104 cm³/mol. The zero-order chi connectivity index (χ0) is 20.2. The van der Waals surface area contributed by atoms with Gasteiger partial charge in [-0.1, -0.05) is 0 Å². The van der Waals surface area contributed by atoms with Crippen LogP contribution >= 0.6 is 0 Å². The summed E-state index contributed by atoms with van der Waals surface area (Å²) in [6.45, 7) is 5.87. The lowest BCUT2D eigenvalue weighted by atomic mass is 10.2. The highest BCUT2D eigenvalue weighted by atomic mass is 16.5. The van der Waals surface area contributed by atoms with Crippen LogP contribution in [0.25, 0.3) is 0 Å². The number of carbonyl (C=O) groups excluding carboxylic acids is 2. The molecule has 0 spiro atoms. The molecule has 8 nitrogen and oxygen atoms in total. The molecule has 0 amide bonds. The Bertz CT molecular complexity index is 676. The van der Waals surface area contributed by atoms with E-state index in [1.807, 2.05) is 35.4 Å². The maximum atomic E-state index is 11.7. The number of unbranched alkanes of at least 4 members (excludes halogenated alkanes) is 3. The quantitative estimate of drug-likeness (QED) is 0.386. The molecule has 2 aromatic rings. The smallest absolute Gasteiger partial charge is 0.307 e. The maximum absolute atomic E-state index is 11.7. The van der Waals surface area contributed by atoms with Crippen molar-refractivity contribution < 1.29 is 19.1 Å². The van der Waals surface area contributed by atoms with Crippen LogP contribution in [-0.2, 0) is 32.2 Å². The van der Waals surface area contributed by atoms with Gasteiger partial charge in [-0.3, -0.25) is 9.59 Å². The number of aryl methyl sites for hydroxylation is 4. The van der Waals surface area contributed by atoms with E-state index in [-0.39, 0.29) is 11.9 Å². The second-order valence-electron chi connectivity index (χ2n) is 6.69. The molecular weight excluding hydrogens is 360 g/mol. The number of ether oxygens (including phenoxy) is 2. The van der Waals surface area contributed by atoms with E-state index in [1.54, 1.807) is 12.4 Å². The first-order chi connectivity index (χ1) is 13.6. The Kier molecular flexibility index (Phi) is 9.24. The monoisotopic (exact) mass is 390 g/mol. The summed E-state index contributed by atoms with van der Waals surface area (Å²) >= 11 is 0. The highest BCUT2D eigenvalue weighted by Gasteiger charge is 2.06. The predicted octanol–water partition coefficient (Wildman–Crippen LogP) is 2.82. The molecule has 0 atom stereocenters. The van der Waals surface area contributed by atoms with Gasteiger partial charge < -0.3 is 18.6 Å². The number of imidazole rings is 2. The molecule has 0 aromatic carbocycles. The summed E-state index contributed by atoms with van der Waals surface area (Å²) in [5, 5.41) is 0. The van der Waals surface area contributed by atoms with E-state index in [2.05, 4.69) is 9.97 Å². The largest absolute Gasteiger partial charge is 0.466 e. The molecule has 0 aliphatic heterocycles. The molecule has 0 bridgehead atoms. The Balaban J connectivity index is 1.40. The minimum Gasteiger partial charge on any atom is -0.466 e. The van der Waals surface area contributed by atoms with Crippen molar-refractivity contribution >= 4 is 11.9 Å². The van der Waals surface area contributed by atoms with Gasteiger partial charge in [0.25, 0.3) is 0 Å². The summed E-state index contributed by atoms with van der Waals surface area (Å²) in [5.74, 6) is 1.42. The van der Waals surface area contributed by atoms with E-state index in [0.717, 1.165) is 37.3 Å². The summed E-state index contributed by atoms with van der Waals surface area (Å²) in [7, 11) is 0. The molecule has 0 aliphatic carbocycles. The highest BCUT2D eigenvalue weighted by Crippen LogP contribution is 2.04. The topological polar surface area (TPSA) is 88.2 Å². The maximum Gasteiger partial charge on any atom is 0.307 e. The van der Waals surface area contributed by atoms with E-state index in [1.165, 1.54) is 0 Å². The minimum atomic E-state index is -0.185. The zero-order valence-electron chi connectivity index (χ0n) is 16.8. The molecule has 0 aliphatic rings. The summed E-state index contributed by atoms with van der Waals surface area (Å²) in [6, 6.07) is 0. The van der Waals surface area contributed by atoms with E-state index in [9.17, 15) is 9.59 Å². The second kappa shape index (κ2) is 11.9. The van der Waals surface area contributed by atoms with E-state index < -0.39 is 0 Å². The van der Waals surface area contributed by atoms with Crippen LogP contribution in [0.4, 0.5) is 0 Å². The lowest BCUT2D eigenvalue weighted by Crippen LogP contribution is -2.11. The Morgan fingerprint density at radius 1 is 0.786 bits per heavy atom. The first kappa shape index (κ1) is 21.7. The van der Waals surface area contributed by atoms with Crippen molar-refractivity contribution in [3.05, 3.63) is 36.4 Å². The molecule has 0 saturated heterocycles. The van der Waals surface area contributed by atoms with Gasteiger partial charge in [-0.15, -0.1) is 0 Å². The van der Waals surface area contributed by atoms with Crippen LogP contribution < -0.4 is 0 Å². The molecule has 0 saturated carbocycles. The van der Waals surface area contributed by atoms with Crippen LogP contribution in [0.2, 0.25) is 0 Å². The van der Waals surface area contributed by atoms with Crippen LogP contribution in [0.3, 0.4) is 0 Å². The van der Waals surface area contributed by atoms with Gasteiger partial charge in [-0.25, -0.2) is 9.97 Å². The first-order valence-electron chi connectivity index (χ1n) is 9.83. The van der Waals surface area contributed by atoms with E-state index >= 15 is 0 Å². The average molecular weight is 390 g/mol. The molecule has 0 fully saturated rings. The fourth-order valence-corrected chi connectivity index (χ4v) is 2.78. The minimum absolute atomic E-state index is 0.185. The molecule has 0 unspecified atom stereocenters. The van der Waals surface area contributed by atoms with Crippen molar-refractivity contribution in [3.8, 4) is 0 Å². The lowest BCUT2D eigenvalue weighted by molar-refractivity contribution is -0.145. The third kappa shape index (κ3) is 7.94. The van der Waals surface area contributed by atoms with Crippen LogP contribution in [0.15, 0.2) is 24.8 Å². The third-order valence-corrected chi connectivity index (χ3v) is 4.53. The normalized spacial score (nSPS) is 10.8. The van der Waals surface area contributed by atoms with Gasteiger partial charge in [0.2, 0.25) is 0 Å². The number of carbonyl (C=O) groups is 2. The molecule has 2 rings (SSSR count). The van der Waals surface area contributed by atoms with Crippen molar-refractivity contribution in [3.63, 3.8) is 0 Å². The van der Waals surface area contributed by atoms with Gasteiger partial charge in [0.1, 0.15) is 11.6 Å². The molecule has 8 heteroatoms. The molecule has 2 heterocycles. The highest BCUT2D eigenvalue weighted by molar-refractivity contribution is 5.69. The van der Waals surface area contributed by atoms with Crippen LogP contribution in [0.5, 0.6) is 0 Å². The van der Waals surface area contributed by atoms with Crippen molar-refractivity contribution in [2.75, 3.05) is 13.2 Å². The molecule has 154 valence electrons. The second-order valence-corrected chi connectivity index (χ2v) is 6.69. The van der Waals surface area contributed by atoms with Gasteiger partial charge in [-0.2, -0.15) is 0 Å². The number of aromatic nitrogens is 4. The number of esters is 2. The molecule has 0 N–H and O–H groups in total. The number of nitrogens with zero attached hydrogens (tertiary/aromatic N) is 4. The Hall–Kier alpha value is -2.64. The summed E-state index contributed by atoms with van der Waals surface area (Å²) in [6.07, 6.45) is 11.4. The third-order valence-electron chi connectivity index (χ3n) is 4.53. The van der Waals surface area contributed by atoms with Crippen LogP contribution in [-0.4, -0.2) is 44.3 Å². The molecule has 28 heavy (non-hydrogen) atoms. The molecule has 0 radical (unpaired) electrons. The van der Waals surface area contributed by atoms with Gasteiger partial charge in [-0.05, 0) is 39.5 Å². The SMILES string of the molecule is Cc1nccn1CCC(=O)OCCCCCCOC(=O)CCn1ccnc1C. The van der Waals surface area contributed by atoms with Gasteiger partial charge in [0.15, 0.2) is 0 Å². The van der Waals surface area contributed by atoms with Crippen LogP contribution in [0, 0.1) is 13.8 Å². The van der Waals surface area contributed by atoms with Gasteiger partial charge in [0.05, 0.1) is 26.1 Å². The Morgan fingerprint density at radius 3 is 1.57 bits per heavy atom. The number of hydrogen-bond donors (Lipinski definition) is 0. The number of hydrogen-bond acceptors (Lipinski definition) is 6. The van der Waals surface area contributed by atoms with E-state index in [4.69, 9.17) is 9.47 Å². The Morgan fingerprint density at radius 2 is 1.21 bits per heavy atom. The summed E-state index contributed by atoms with van der Waals surface area (Å²) in [4.78, 5) is 31.7. The molecular formula is C20H30N4O4. The average Bonchev–Trinajstić information content (AvgIpc) is 3.28. The van der Waals surface area contributed by atoms with Crippen molar-refractivity contribution in [2.24, 2.45) is 0 Å². The van der Waals surface area contributed by atoms with Gasteiger partial charge >= 0.3 is 11.9 Å². The number of rotatable bonds is 13. The van der Waals surface area contributed by atoms with E-state index in [0.29, 0.717) is 39.1 Å². The van der Waals surface area contributed by atoms with Crippen molar-refractivity contribution in [1.82, 2.24) is 19.1 Å². The lowest BCUT2D eigenvalue weighted by Gasteiger charge is -2.07. The standard InChI is InChI=1S/C20H30N4O4/c1-17-21-9-13-23(17)11-7-19(25)27-15-5-3-4-6-16-28-20(26)8-12-24-14-10-22-18(24)2/h9-10,13-14H,3-8,11-12,15-16H2,1-2H3. The summed E-state index contributed by atoms with van der Waals surface area (Å²) in [5.41, 5.74) is 0. The fraction of sp³-hybridized carbons (Fsp3) is 0.600.